The smallest absolute Gasteiger partial charge is 0.294 e. The maximum Gasteiger partial charge on any atom is 0.429 e. The molecule has 0 saturated carbocycles. The molecular formula is C10H6F3NO. The zero-order valence-electron chi connectivity index (χ0n) is 7.51. The predicted octanol–water partition coefficient (Wildman–Crippen LogP) is 2.91. The predicted molar refractivity (Wildman–Crippen MR) is 48.5 cm³/mol. The molecule has 0 bridgehead atoms. The topological polar surface area (TPSA) is 29.4 Å². The van der Waals surface area contributed by atoms with Gasteiger partial charge in [-0.3, -0.25) is 4.79 Å². The van der Waals surface area contributed by atoms with E-state index in [0.29, 0.717) is 0 Å². The standard InChI is InChI=1S/C10H6F3NO/c11-10(12,13)9-5-8(15)6-3-1-2-4-7(6)14-9/h1-4H,5H2. The van der Waals surface area contributed by atoms with Crippen molar-refractivity contribution < 1.29 is 18.0 Å². The van der Waals surface area contributed by atoms with Crippen molar-refractivity contribution in [2.24, 2.45) is 4.99 Å². The minimum atomic E-state index is -4.52. The second-order valence-corrected chi connectivity index (χ2v) is 3.17. The van der Waals surface area contributed by atoms with Crippen molar-refractivity contribution >= 4 is 17.2 Å². The summed E-state index contributed by atoms with van der Waals surface area (Å²) in [7, 11) is 0. The van der Waals surface area contributed by atoms with Gasteiger partial charge in [-0.1, -0.05) is 12.1 Å². The highest BCUT2D eigenvalue weighted by Crippen LogP contribution is 2.31. The van der Waals surface area contributed by atoms with E-state index in [4.69, 9.17) is 0 Å². The minimum absolute atomic E-state index is 0.0982. The zero-order chi connectivity index (χ0) is 11.1. The number of benzene rings is 1. The number of aliphatic imine (C=N–C) groups is 1. The third-order valence-corrected chi connectivity index (χ3v) is 2.12. The van der Waals surface area contributed by atoms with E-state index < -0.39 is 24.1 Å². The number of halogens is 3. The number of carbonyl (C=O) groups is 1. The second-order valence-electron chi connectivity index (χ2n) is 3.17. The monoisotopic (exact) mass is 213 g/mol. The van der Waals surface area contributed by atoms with Crippen molar-refractivity contribution in [2.75, 3.05) is 0 Å². The minimum Gasteiger partial charge on any atom is -0.294 e. The molecule has 0 amide bonds. The van der Waals surface area contributed by atoms with Gasteiger partial charge in [0, 0.05) is 5.56 Å². The Morgan fingerprint density at radius 3 is 2.53 bits per heavy atom. The fourth-order valence-corrected chi connectivity index (χ4v) is 1.40. The lowest BCUT2D eigenvalue weighted by molar-refractivity contribution is -0.0602. The van der Waals surface area contributed by atoms with E-state index in [1.807, 2.05) is 0 Å². The van der Waals surface area contributed by atoms with Crippen molar-refractivity contribution in [3.05, 3.63) is 29.8 Å². The summed E-state index contributed by atoms with van der Waals surface area (Å²) in [6.45, 7) is 0. The molecule has 0 saturated heterocycles. The van der Waals surface area contributed by atoms with Crippen molar-refractivity contribution in [1.82, 2.24) is 0 Å². The van der Waals surface area contributed by atoms with E-state index in [0.717, 1.165) is 0 Å². The molecule has 1 aromatic rings. The van der Waals surface area contributed by atoms with Gasteiger partial charge in [-0.05, 0) is 12.1 Å². The van der Waals surface area contributed by atoms with Crippen LogP contribution in [0.3, 0.4) is 0 Å². The third kappa shape index (κ3) is 1.77. The number of rotatable bonds is 0. The molecule has 2 nitrogen and oxygen atoms in total. The number of hydrogen-bond acceptors (Lipinski definition) is 2. The summed E-state index contributed by atoms with van der Waals surface area (Å²) in [5, 5.41) is 0. The lowest BCUT2D eigenvalue weighted by Gasteiger charge is -2.16. The molecule has 78 valence electrons. The van der Waals surface area contributed by atoms with E-state index in [2.05, 4.69) is 4.99 Å². The van der Waals surface area contributed by atoms with E-state index in [9.17, 15) is 18.0 Å². The van der Waals surface area contributed by atoms with Crippen LogP contribution in [-0.4, -0.2) is 17.7 Å². The van der Waals surface area contributed by atoms with Crippen molar-refractivity contribution in [3.8, 4) is 0 Å². The fourth-order valence-electron chi connectivity index (χ4n) is 1.40. The fraction of sp³-hybridized carbons (Fsp3) is 0.200. The Balaban J connectivity index is 2.52. The highest BCUT2D eigenvalue weighted by molar-refractivity contribution is 6.17. The number of para-hydroxylation sites is 1. The number of alkyl halides is 3. The van der Waals surface area contributed by atoms with E-state index in [1.54, 1.807) is 12.1 Å². The Labute approximate surface area is 83.4 Å². The molecule has 0 atom stereocenters. The van der Waals surface area contributed by atoms with Crippen LogP contribution in [0, 0.1) is 0 Å². The van der Waals surface area contributed by atoms with Gasteiger partial charge in [0.25, 0.3) is 0 Å². The first-order valence-corrected chi connectivity index (χ1v) is 4.25. The Morgan fingerprint density at radius 1 is 1.20 bits per heavy atom. The Hall–Kier alpha value is -1.65. The third-order valence-electron chi connectivity index (χ3n) is 2.12. The maximum atomic E-state index is 12.3. The molecule has 0 radical (unpaired) electrons. The summed E-state index contributed by atoms with van der Waals surface area (Å²) in [5.41, 5.74) is -0.669. The molecule has 0 N–H and O–H groups in total. The van der Waals surface area contributed by atoms with Gasteiger partial charge in [0.05, 0.1) is 12.1 Å². The highest BCUT2D eigenvalue weighted by Gasteiger charge is 2.39. The molecule has 15 heavy (non-hydrogen) atoms. The molecule has 0 aliphatic carbocycles. The second kappa shape index (κ2) is 3.18. The normalized spacial score (nSPS) is 15.9. The van der Waals surface area contributed by atoms with Crippen LogP contribution < -0.4 is 0 Å². The first-order valence-electron chi connectivity index (χ1n) is 4.25. The van der Waals surface area contributed by atoms with Gasteiger partial charge in [-0.2, -0.15) is 13.2 Å². The van der Waals surface area contributed by atoms with E-state index in [1.165, 1.54) is 12.1 Å². The van der Waals surface area contributed by atoms with Crippen LogP contribution in [0.5, 0.6) is 0 Å². The van der Waals surface area contributed by atoms with E-state index >= 15 is 0 Å². The van der Waals surface area contributed by atoms with Crippen LogP contribution in [-0.2, 0) is 0 Å². The molecule has 1 aliphatic heterocycles. The first-order chi connectivity index (χ1) is 6.98. The molecule has 0 aromatic heterocycles. The SMILES string of the molecule is O=C1CC(C(F)(F)F)=Nc2ccccc21. The van der Waals surface area contributed by atoms with Gasteiger partial charge >= 0.3 is 6.18 Å². The molecule has 2 rings (SSSR count). The summed E-state index contributed by atoms with van der Waals surface area (Å²) < 4.78 is 37.0. The lowest BCUT2D eigenvalue weighted by atomic mass is 10.00. The first kappa shape index (κ1) is 9.89. The van der Waals surface area contributed by atoms with Gasteiger partial charge in [0.15, 0.2) is 5.78 Å². The molecule has 1 aliphatic rings. The summed E-state index contributed by atoms with van der Waals surface area (Å²) in [6.07, 6.45) is -5.19. The molecule has 1 aromatic carbocycles. The quantitative estimate of drug-likeness (QED) is 0.651. The van der Waals surface area contributed by atoms with Crippen LogP contribution in [0.2, 0.25) is 0 Å². The Bertz CT molecular complexity index is 448. The van der Waals surface area contributed by atoms with Crippen LogP contribution in [0.4, 0.5) is 18.9 Å². The molecule has 0 unspecified atom stereocenters. The average molecular weight is 213 g/mol. The maximum absolute atomic E-state index is 12.3. The largest absolute Gasteiger partial charge is 0.429 e. The van der Waals surface area contributed by atoms with E-state index in [-0.39, 0.29) is 11.3 Å². The van der Waals surface area contributed by atoms with Gasteiger partial charge in [0.2, 0.25) is 0 Å². The van der Waals surface area contributed by atoms with Crippen LogP contribution in [0.25, 0.3) is 0 Å². The van der Waals surface area contributed by atoms with Crippen LogP contribution >= 0.6 is 0 Å². The number of Topliss-reactive ketones (excluding diaryl/α,β-unsaturated/α-hetero) is 1. The van der Waals surface area contributed by atoms with Crippen molar-refractivity contribution in [3.63, 3.8) is 0 Å². The van der Waals surface area contributed by atoms with Crippen molar-refractivity contribution in [1.29, 1.82) is 0 Å². The molecule has 0 fully saturated rings. The Morgan fingerprint density at radius 2 is 1.87 bits per heavy atom. The van der Waals surface area contributed by atoms with Gasteiger partial charge in [0.1, 0.15) is 5.71 Å². The number of hydrogen-bond donors (Lipinski definition) is 0. The van der Waals surface area contributed by atoms with Crippen molar-refractivity contribution in [2.45, 2.75) is 12.6 Å². The van der Waals surface area contributed by atoms with Crippen LogP contribution in [0.1, 0.15) is 16.8 Å². The number of carbonyl (C=O) groups excluding carboxylic acids is 1. The summed E-state index contributed by atoms with van der Waals surface area (Å²) in [4.78, 5) is 14.8. The Kier molecular flexibility index (Phi) is 2.10. The molecule has 1 heterocycles. The van der Waals surface area contributed by atoms with Crippen LogP contribution in [0.15, 0.2) is 29.3 Å². The van der Waals surface area contributed by atoms with Gasteiger partial charge in [-0.25, -0.2) is 4.99 Å². The van der Waals surface area contributed by atoms with Gasteiger partial charge < -0.3 is 0 Å². The summed E-state index contributed by atoms with van der Waals surface area (Å²) >= 11 is 0. The number of nitrogens with zero attached hydrogens (tertiary/aromatic N) is 1. The zero-order valence-corrected chi connectivity index (χ0v) is 7.51. The summed E-state index contributed by atoms with van der Waals surface area (Å²) in [6, 6.07) is 6.03. The summed E-state index contributed by atoms with van der Waals surface area (Å²) in [5.74, 6) is -0.534. The highest BCUT2D eigenvalue weighted by atomic mass is 19.4. The van der Waals surface area contributed by atoms with Gasteiger partial charge in [-0.15, -0.1) is 0 Å². The molecule has 0 spiro atoms. The molecule has 5 heteroatoms. The lowest BCUT2D eigenvalue weighted by Crippen LogP contribution is -2.27. The number of ketones is 1. The molecular weight excluding hydrogens is 207 g/mol. The number of fused-ring (bicyclic) bond motifs is 1. The average Bonchev–Trinajstić information content (AvgIpc) is 2.16.